The van der Waals surface area contributed by atoms with E-state index in [9.17, 15) is 0 Å². The van der Waals surface area contributed by atoms with Crippen molar-refractivity contribution >= 4 is 37.2 Å². The van der Waals surface area contributed by atoms with E-state index >= 15 is 0 Å². The summed E-state index contributed by atoms with van der Waals surface area (Å²) in [5.41, 5.74) is 0. The van der Waals surface area contributed by atoms with E-state index < -0.39 is 0 Å². The Morgan fingerprint density at radius 1 is 1.06 bits per heavy atom. The molecular weight excluding hydrogens is 274 g/mol. The van der Waals surface area contributed by atoms with Crippen molar-refractivity contribution in [3.8, 4) is 6.01 Å². The number of hydrogen-bond donors (Lipinski definition) is 1. The van der Waals surface area contributed by atoms with Gasteiger partial charge in [-0.15, -0.1) is 42.3 Å². The van der Waals surface area contributed by atoms with Crippen molar-refractivity contribution in [3.05, 3.63) is 18.5 Å². The lowest BCUT2D eigenvalue weighted by molar-refractivity contribution is -0.0745. The Kier molecular flexibility index (Phi) is 11.1. The van der Waals surface area contributed by atoms with Crippen molar-refractivity contribution in [3.63, 3.8) is 0 Å². The molecule has 8 heteroatoms. The summed E-state index contributed by atoms with van der Waals surface area (Å²) in [6.45, 7) is 3.65. The van der Waals surface area contributed by atoms with Crippen LogP contribution in [0.2, 0.25) is 0 Å². The minimum absolute atomic E-state index is 0. The second-order valence-electron chi connectivity index (χ2n) is 2.80. The molecule has 0 amide bonds. The molecule has 0 saturated carbocycles. The van der Waals surface area contributed by atoms with Gasteiger partial charge in [0.2, 0.25) is 0 Å². The first kappa shape index (κ1) is 18.0. The maximum absolute atomic E-state index is 5.43. The Balaban J connectivity index is 0. The van der Waals surface area contributed by atoms with Crippen molar-refractivity contribution < 1.29 is 4.84 Å². The highest BCUT2D eigenvalue weighted by atomic mass is 35.5. The summed E-state index contributed by atoms with van der Waals surface area (Å²) < 4.78 is 0. The van der Waals surface area contributed by atoms with Crippen LogP contribution in [0.25, 0.3) is 0 Å². The molecule has 0 spiro atoms. The summed E-state index contributed by atoms with van der Waals surface area (Å²) in [7, 11) is 0. The lowest BCUT2D eigenvalue weighted by Gasteiger charge is -2.25. The molecule has 1 saturated heterocycles. The van der Waals surface area contributed by atoms with Gasteiger partial charge in [-0.25, -0.2) is 9.97 Å². The molecule has 0 aromatic carbocycles. The molecule has 0 radical (unpaired) electrons. The number of halogens is 3. The molecule has 5 nitrogen and oxygen atoms in total. The van der Waals surface area contributed by atoms with Crippen LogP contribution in [-0.2, 0) is 0 Å². The van der Waals surface area contributed by atoms with Crippen LogP contribution in [0.4, 0.5) is 0 Å². The molecule has 0 bridgehead atoms. The predicted molar refractivity (Wildman–Crippen MR) is 68.8 cm³/mol. The molecule has 1 aliphatic heterocycles. The predicted octanol–water partition coefficient (Wildman–Crippen LogP) is 0.941. The first-order valence-corrected chi connectivity index (χ1v) is 4.36. The Morgan fingerprint density at radius 3 is 2.19 bits per heavy atom. The third kappa shape index (κ3) is 5.67. The number of piperazine rings is 1. The normalized spacial score (nSPS) is 15.0. The SMILES string of the molecule is Cl.Cl.Cl.c1cnc(ON2CCNCC2)nc1. The van der Waals surface area contributed by atoms with Gasteiger partial charge >= 0.3 is 6.01 Å². The van der Waals surface area contributed by atoms with Gasteiger partial charge in [-0.2, -0.15) is 0 Å². The maximum Gasteiger partial charge on any atom is 0.335 e. The molecule has 1 aliphatic rings. The molecule has 1 aromatic rings. The third-order valence-electron chi connectivity index (χ3n) is 1.83. The minimum Gasteiger partial charge on any atom is -0.365 e. The van der Waals surface area contributed by atoms with E-state index in [0.717, 1.165) is 26.2 Å². The highest BCUT2D eigenvalue weighted by Crippen LogP contribution is 2.01. The van der Waals surface area contributed by atoms with Gasteiger partial charge in [-0.3, -0.25) is 0 Å². The molecule has 1 N–H and O–H groups in total. The Hall–Kier alpha value is -0.330. The van der Waals surface area contributed by atoms with Crippen molar-refractivity contribution in [1.82, 2.24) is 20.3 Å². The zero-order valence-corrected chi connectivity index (χ0v) is 11.0. The lowest BCUT2D eigenvalue weighted by atomic mass is 10.4. The van der Waals surface area contributed by atoms with Gasteiger partial charge in [-0.05, 0) is 6.07 Å². The molecule has 0 aliphatic carbocycles. The van der Waals surface area contributed by atoms with E-state index in [-0.39, 0.29) is 37.2 Å². The van der Waals surface area contributed by atoms with Gasteiger partial charge < -0.3 is 10.2 Å². The van der Waals surface area contributed by atoms with Crippen LogP contribution in [0.15, 0.2) is 18.5 Å². The maximum atomic E-state index is 5.43. The summed E-state index contributed by atoms with van der Waals surface area (Å²) in [6.07, 6.45) is 3.34. The molecule has 2 rings (SSSR count). The van der Waals surface area contributed by atoms with E-state index in [1.54, 1.807) is 18.5 Å². The first-order valence-electron chi connectivity index (χ1n) is 4.36. The Labute approximate surface area is 113 Å². The van der Waals surface area contributed by atoms with E-state index in [2.05, 4.69) is 15.3 Å². The van der Waals surface area contributed by atoms with E-state index in [0.29, 0.717) is 6.01 Å². The van der Waals surface area contributed by atoms with Gasteiger partial charge in [0.1, 0.15) is 0 Å². The topological polar surface area (TPSA) is 50.3 Å². The van der Waals surface area contributed by atoms with Crippen LogP contribution < -0.4 is 10.2 Å². The molecule has 16 heavy (non-hydrogen) atoms. The number of rotatable bonds is 2. The number of nitrogens with zero attached hydrogens (tertiary/aromatic N) is 3. The number of hydrogen-bond acceptors (Lipinski definition) is 5. The average molecular weight is 290 g/mol. The smallest absolute Gasteiger partial charge is 0.335 e. The van der Waals surface area contributed by atoms with Crippen molar-refractivity contribution in [2.75, 3.05) is 26.2 Å². The Morgan fingerprint density at radius 2 is 1.62 bits per heavy atom. The quantitative estimate of drug-likeness (QED) is 0.878. The van der Waals surface area contributed by atoms with Crippen molar-refractivity contribution in [1.29, 1.82) is 0 Å². The fourth-order valence-corrected chi connectivity index (χ4v) is 1.18. The first-order chi connectivity index (χ1) is 6.45. The van der Waals surface area contributed by atoms with Gasteiger partial charge in [0.05, 0.1) is 0 Å². The highest BCUT2D eigenvalue weighted by molar-refractivity contribution is 5.86. The number of aromatic nitrogens is 2. The molecule has 94 valence electrons. The summed E-state index contributed by atoms with van der Waals surface area (Å²) in [4.78, 5) is 13.4. The summed E-state index contributed by atoms with van der Waals surface area (Å²) in [6, 6.07) is 2.19. The molecule has 2 heterocycles. The van der Waals surface area contributed by atoms with Crippen LogP contribution >= 0.6 is 37.2 Å². The second-order valence-corrected chi connectivity index (χ2v) is 2.80. The standard InChI is InChI=1S/C8H12N4O.3ClH/c1-2-10-8(11-3-1)13-12-6-4-9-5-7-12;;;/h1-3,9H,4-7H2;3*1H. The molecule has 0 atom stereocenters. The minimum atomic E-state index is 0. The lowest BCUT2D eigenvalue weighted by Crippen LogP contribution is -2.45. The highest BCUT2D eigenvalue weighted by Gasteiger charge is 2.11. The van der Waals surface area contributed by atoms with Gasteiger partial charge in [0.25, 0.3) is 0 Å². The van der Waals surface area contributed by atoms with Crippen molar-refractivity contribution in [2.45, 2.75) is 0 Å². The third-order valence-corrected chi connectivity index (χ3v) is 1.83. The van der Waals surface area contributed by atoms with Crippen LogP contribution in [0.3, 0.4) is 0 Å². The van der Waals surface area contributed by atoms with Crippen molar-refractivity contribution in [2.24, 2.45) is 0 Å². The van der Waals surface area contributed by atoms with Crippen LogP contribution in [0.1, 0.15) is 0 Å². The monoisotopic (exact) mass is 288 g/mol. The largest absolute Gasteiger partial charge is 0.365 e. The van der Waals surface area contributed by atoms with Crippen LogP contribution in [-0.4, -0.2) is 41.2 Å². The number of nitrogens with one attached hydrogen (secondary N) is 1. The second kappa shape index (κ2) is 9.86. The molecule has 1 aromatic heterocycles. The summed E-state index contributed by atoms with van der Waals surface area (Å²) >= 11 is 0. The zero-order chi connectivity index (χ0) is 8.93. The zero-order valence-electron chi connectivity index (χ0n) is 8.54. The summed E-state index contributed by atoms with van der Waals surface area (Å²) in [5.74, 6) is 0. The van der Waals surface area contributed by atoms with Crippen LogP contribution in [0.5, 0.6) is 6.01 Å². The number of hydroxylamine groups is 2. The summed E-state index contributed by atoms with van der Waals surface area (Å²) in [5, 5.41) is 5.10. The average Bonchev–Trinajstić information content (AvgIpc) is 2.21. The molecular formula is C8H15Cl3N4O. The fraction of sp³-hybridized carbons (Fsp3) is 0.500. The van der Waals surface area contributed by atoms with Crippen LogP contribution in [0, 0.1) is 0 Å². The van der Waals surface area contributed by atoms with Gasteiger partial charge in [0.15, 0.2) is 0 Å². The molecule has 0 unspecified atom stereocenters. The van der Waals surface area contributed by atoms with Gasteiger partial charge in [-0.1, -0.05) is 0 Å². The van der Waals surface area contributed by atoms with E-state index in [1.807, 2.05) is 5.06 Å². The van der Waals surface area contributed by atoms with E-state index in [4.69, 9.17) is 4.84 Å². The van der Waals surface area contributed by atoms with Gasteiger partial charge in [0, 0.05) is 38.6 Å². The fourth-order valence-electron chi connectivity index (χ4n) is 1.18. The van der Waals surface area contributed by atoms with E-state index in [1.165, 1.54) is 0 Å². The molecule has 1 fully saturated rings. The Bertz CT molecular complexity index is 259.